The number of carbonyl (C=O) groups is 1. The summed E-state index contributed by atoms with van der Waals surface area (Å²) in [5.74, 6) is 0.0601. The summed E-state index contributed by atoms with van der Waals surface area (Å²) in [6.45, 7) is 1.32. The van der Waals surface area contributed by atoms with Crippen LogP contribution in [0.4, 0.5) is 0 Å². The first kappa shape index (κ1) is 12.7. The molecule has 1 heterocycles. The van der Waals surface area contributed by atoms with Gasteiger partial charge in [0.2, 0.25) is 5.91 Å². The SMILES string of the molecule is CNCCCc1cnn(CC(=O)N(C)C)c1. The summed E-state index contributed by atoms with van der Waals surface area (Å²) in [5.41, 5.74) is 1.18. The standard InChI is InChI=1S/C11H20N4O/c1-12-6-4-5-10-7-13-15(8-10)9-11(16)14(2)3/h7-8,12H,4-6,9H2,1-3H3. The molecule has 1 aromatic rings. The molecule has 0 saturated carbocycles. The Balaban J connectivity index is 2.42. The van der Waals surface area contributed by atoms with Gasteiger partial charge in [0.25, 0.3) is 0 Å². The zero-order valence-electron chi connectivity index (χ0n) is 10.2. The van der Waals surface area contributed by atoms with Crippen molar-refractivity contribution >= 4 is 5.91 Å². The molecular weight excluding hydrogens is 204 g/mol. The number of hydrogen-bond acceptors (Lipinski definition) is 3. The number of likely N-dealkylation sites (N-methyl/N-ethyl adjacent to an activating group) is 1. The van der Waals surface area contributed by atoms with E-state index >= 15 is 0 Å². The molecule has 90 valence electrons. The molecule has 0 aliphatic carbocycles. The minimum Gasteiger partial charge on any atom is -0.347 e. The molecular formula is C11H20N4O. The van der Waals surface area contributed by atoms with Crippen molar-refractivity contribution < 1.29 is 4.79 Å². The minimum absolute atomic E-state index is 0.0601. The molecule has 0 bridgehead atoms. The molecule has 0 unspecified atom stereocenters. The van der Waals surface area contributed by atoms with E-state index in [0.717, 1.165) is 19.4 Å². The molecule has 1 rings (SSSR count). The zero-order valence-corrected chi connectivity index (χ0v) is 10.2. The normalized spacial score (nSPS) is 10.4. The predicted molar refractivity (Wildman–Crippen MR) is 63.2 cm³/mol. The van der Waals surface area contributed by atoms with Crippen LogP contribution in [0.3, 0.4) is 0 Å². The molecule has 1 amide bonds. The predicted octanol–water partition coefficient (Wildman–Crippen LogP) is 0.123. The van der Waals surface area contributed by atoms with Crippen LogP contribution in [0.5, 0.6) is 0 Å². The van der Waals surface area contributed by atoms with E-state index in [1.165, 1.54) is 5.56 Å². The first-order valence-electron chi connectivity index (χ1n) is 5.49. The maximum Gasteiger partial charge on any atom is 0.243 e. The number of nitrogens with zero attached hydrogens (tertiary/aromatic N) is 3. The topological polar surface area (TPSA) is 50.2 Å². The Morgan fingerprint density at radius 2 is 2.31 bits per heavy atom. The van der Waals surface area contributed by atoms with Crippen LogP contribution in [-0.4, -0.2) is 48.3 Å². The lowest BCUT2D eigenvalue weighted by Gasteiger charge is -2.09. The van der Waals surface area contributed by atoms with E-state index in [0.29, 0.717) is 6.54 Å². The summed E-state index contributed by atoms with van der Waals surface area (Å²) in [7, 11) is 5.44. The van der Waals surface area contributed by atoms with Crippen molar-refractivity contribution in [2.45, 2.75) is 19.4 Å². The Morgan fingerprint density at radius 1 is 1.56 bits per heavy atom. The molecule has 1 N–H and O–H groups in total. The molecule has 0 aromatic carbocycles. The maximum atomic E-state index is 11.4. The van der Waals surface area contributed by atoms with Gasteiger partial charge in [-0.1, -0.05) is 0 Å². The monoisotopic (exact) mass is 224 g/mol. The van der Waals surface area contributed by atoms with Gasteiger partial charge < -0.3 is 10.2 Å². The molecule has 1 aromatic heterocycles. The van der Waals surface area contributed by atoms with E-state index in [9.17, 15) is 4.79 Å². The maximum absolute atomic E-state index is 11.4. The quantitative estimate of drug-likeness (QED) is 0.698. The number of carbonyl (C=O) groups excluding carboxylic acids is 1. The van der Waals surface area contributed by atoms with Crippen LogP contribution in [0.15, 0.2) is 12.4 Å². The van der Waals surface area contributed by atoms with Crippen molar-refractivity contribution in [2.24, 2.45) is 0 Å². The third-order valence-corrected chi connectivity index (χ3v) is 2.38. The molecule has 0 saturated heterocycles. The van der Waals surface area contributed by atoms with Gasteiger partial charge in [-0.15, -0.1) is 0 Å². The van der Waals surface area contributed by atoms with Gasteiger partial charge in [-0.3, -0.25) is 9.48 Å². The fraction of sp³-hybridized carbons (Fsp3) is 0.636. The first-order chi connectivity index (χ1) is 7.63. The van der Waals surface area contributed by atoms with Gasteiger partial charge in [0.05, 0.1) is 6.20 Å². The van der Waals surface area contributed by atoms with E-state index in [1.807, 2.05) is 19.4 Å². The largest absolute Gasteiger partial charge is 0.347 e. The third-order valence-electron chi connectivity index (χ3n) is 2.38. The molecule has 0 aliphatic rings. The fourth-order valence-corrected chi connectivity index (χ4v) is 1.37. The van der Waals surface area contributed by atoms with E-state index in [2.05, 4.69) is 10.4 Å². The van der Waals surface area contributed by atoms with Gasteiger partial charge >= 0.3 is 0 Å². The summed E-state index contributed by atoms with van der Waals surface area (Å²) in [5, 5.41) is 7.27. The van der Waals surface area contributed by atoms with Gasteiger partial charge in [-0.25, -0.2) is 0 Å². The van der Waals surface area contributed by atoms with Gasteiger partial charge in [0.1, 0.15) is 6.54 Å². The highest BCUT2D eigenvalue weighted by molar-refractivity contribution is 5.75. The Hall–Kier alpha value is -1.36. The lowest BCUT2D eigenvalue weighted by atomic mass is 10.2. The van der Waals surface area contributed by atoms with Crippen molar-refractivity contribution in [1.29, 1.82) is 0 Å². The second-order valence-corrected chi connectivity index (χ2v) is 4.04. The average Bonchev–Trinajstić information content (AvgIpc) is 2.66. The summed E-state index contributed by atoms with van der Waals surface area (Å²) in [4.78, 5) is 13.0. The van der Waals surface area contributed by atoms with Gasteiger partial charge in [-0.2, -0.15) is 5.10 Å². The number of nitrogens with one attached hydrogen (secondary N) is 1. The van der Waals surface area contributed by atoms with Crippen molar-refractivity contribution in [3.05, 3.63) is 18.0 Å². The number of aryl methyl sites for hydroxylation is 1. The van der Waals surface area contributed by atoms with Crippen LogP contribution >= 0.6 is 0 Å². The first-order valence-corrected chi connectivity index (χ1v) is 5.49. The summed E-state index contributed by atoms with van der Waals surface area (Å²) < 4.78 is 1.69. The molecule has 0 aliphatic heterocycles. The molecule has 5 heteroatoms. The van der Waals surface area contributed by atoms with Crippen LogP contribution < -0.4 is 5.32 Å². The van der Waals surface area contributed by atoms with Crippen LogP contribution in [0, 0.1) is 0 Å². The Morgan fingerprint density at radius 3 is 2.94 bits per heavy atom. The smallest absolute Gasteiger partial charge is 0.243 e. The molecule has 0 atom stereocenters. The lowest BCUT2D eigenvalue weighted by molar-refractivity contribution is -0.129. The van der Waals surface area contributed by atoms with Crippen LogP contribution in [0.1, 0.15) is 12.0 Å². The van der Waals surface area contributed by atoms with Crippen molar-refractivity contribution in [3.63, 3.8) is 0 Å². The molecule has 0 spiro atoms. The van der Waals surface area contributed by atoms with E-state index < -0.39 is 0 Å². The summed E-state index contributed by atoms with van der Waals surface area (Å²) in [6.07, 6.45) is 5.86. The zero-order chi connectivity index (χ0) is 12.0. The van der Waals surface area contributed by atoms with E-state index in [-0.39, 0.29) is 5.91 Å². The Labute approximate surface area is 96.4 Å². The number of amides is 1. The highest BCUT2D eigenvalue weighted by atomic mass is 16.2. The number of aromatic nitrogens is 2. The van der Waals surface area contributed by atoms with Gasteiger partial charge in [-0.05, 0) is 32.0 Å². The van der Waals surface area contributed by atoms with Crippen LogP contribution in [-0.2, 0) is 17.8 Å². The summed E-state index contributed by atoms with van der Waals surface area (Å²) >= 11 is 0. The highest BCUT2D eigenvalue weighted by Crippen LogP contribution is 2.01. The minimum atomic E-state index is 0.0601. The average molecular weight is 224 g/mol. The van der Waals surface area contributed by atoms with Gasteiger partial charge in [0, 0.05) is 20.3 Å². The molecule has 0 radical (unpaired) electrons. The lowest BCUT2D eigenvalue weighted by Crippen LogP contribution is -2.26. The molecule has 0 fully saturated rings. The van der Waals surface area contributed by atoms with E-state index in [4.69, 9.17) is 0 Å². The van der Waals surface area contributed by atoms with E-state index in [1.54, 1.807) is 23.7 Å². The second kappa shape index (κ2) is 6.27. The van der Waals surface area contributed by atoms with Crippen molar-refractivity contribution in [3.8, 4) is 0 Å². The summed E-state index contributed by atoms with van der Waals surface area (Å²) in [6, 6.07) is 0. The second-order valence-electron chi connectivity index (χ2n) is 4.04. The number of hydrogen-bond donors (Lipinski definition) is 1. The fourth-order valence-electron chi connectivity index (χ4n) is 1.37. The van der Waals surface area contributed by atoms with Crippen molar-refractivity contribution in [2.75, 3.05) is 27.7 Å². The third kappa shape index (κ3) is 4.02. The Kier molecular flexibility index (Phi) is 4.98. The number of rotatable bonds is 6. The van der Waals surface area contributed by atoms with Crippen LogP contribution in [0.2, 0.25) is 0 Å². The molecule has 16 heavy (non-hydrogen) atoms. The molecule has 5 nitrogen and oxygen atoms in total. The Bertz CT molecular complexity index is 332. The highest BCUT2D eigenvalue weighted by Gasteiger charge is 2.06. The van der Waals surface area contributed by atoms with Crippen LogP contribution in [0.25, 0.3) is 0 Å². The van der Waals surface area contributed by atoms with Gasteiger partial charge in [0.15, 0.2) is 0 Å². The van der Waals surface area contributed by atoms with Crippen molar-refractivity contribution in [1.82, 2.24) is 20.0 Å².